The lowest BCUT2D eigenvalue weighted by Gasteiger charge is -2.22. The normalized spacial score (nSPS) is 11.2. The van der Waals surface area contributed by atoms with Crippen molar-refractivity contribution in [1.29, 1.82) is 0 Å². The van der Waals surface area contributed by atoms with Crippen LogP contribution in [0.2, 0.25) is 0 Å². The maximum Gasteiger partial charge on any atom is 0.119 e. The number of ether oxygens (including phenoxy) is 1. The molecule has 1 aromatic carbocycles. The Bertz CT molecular complexity index is 284. The summed E-state index contributed by atoms with van der Waals surface area (Å²) in [4.78, 5) is 0. The largest absolute Gasteiger partial charge is 0.494 e. The van der Waals surface area contributed by atoms with Gasteiger partial charge in [-0.15, -0.1) is 0 Å². The quantitative estimate of drug-likeness (QED) is 0.813. The third-order valence-electron chi connectivity index (χ3n) is 1.85. The molecule has 0 aliphatic heterocycles. The summed E-state index contributed by atoms with van der Waals surface area (Å²) in [5.41, 5.74) is 1.23. The molecule has 0 saturated carbocycles. The molecule has 1 aromatic rings. The fourth-order valence-electron chi connectivity index (χ4n) is 1.29. The minimum Gasteiger partial charge on any atom is -0.494 e. The number of hydrogen-bond donors (Lipinski definition) is 1. The van der Waals surface area contributed by atoms with Crippen molar-refractivity contribution >= 4 is 5.69 Å². The molecule has 0 fully saturated rings. The van der Waals surface area contributed by atoms with Crippen molar-refractivity contribution in [3.05, 3.63) is 24.3 Å². The highest BCUT2D eigenvalue weighted by atomic mass is 16.5. The third kappa shape index (κ3) is 4.73. The van der Waals surface area contributed by atoms with Crippen LogP contribution in [0.15, 0.2) is 24.3 Å². The van der Waals surface area contributed by atoms with E-state index in [1.54, 1.807) is 0 Å². The van der Waals surface area contributed by atoms with Crippen LogP contribution in [0, 0.1) is 0 Å². The molecule has 0 radical (unpaired) electrons. The topological polar surface area (TPSA) is 21.3 Å². The highest BCUT2D eigenvalue weighted by molar-refractivity contribution is 5.47. The van der Waals surface area contributed by atoms with Gasteiger partial charge in [-0.25, -0.2) is 0 Å². The molecule has 0 amide bonds. The molecule has 0 aromatic heterocycles. The van der Waals surface area contributed by atoms with Gasteiger partial charge in [0, 0.05) is 11.2 Å². The number of rotatable bonds is 4. The lowest BCUT2D eigenvalue weighted by atomic mass is 10.1. The summed E-state index contributed by atoms with van der Waals surface area (Å²) in [6, 6.07) is 8.11. The van der Waals surface area contributed by atoms with E-state index in [2.05, 4.69) is 45.1 Å². The fraction of sp³-hybridized carbons (Fsp3) is 0.538. The van der Waals surface area contributed by atoms with E-state index in [1.165, 1.54) is 0 Å². The zero-order valence-electron chi connectivity index (χ0n) is 10.1. The van der Waals surface area contributed by atoms with Gasteiger partial charge in [-0.1, -0.05) is 6.92 Å². The van der Waals surface area contributed by atoms with E-state index >= 15 is 0 Å². The molecule has 0 heterocycles. The number of anilines is 1. The molecule has 84 valence electrons. The van der Waals surface area contributed by atoms with Crippen LogP contribution >= 0.6 is 0 Å². The first-order valence-corrected chi connectivity index (χ1v) is 5.52. The Balaban J connectivity index is 2.56. The van der Waals surface area contributed by atoms with Gasteiger partial charge in [0.1, 0.15) is 5.75 Å². The van der Waals surface area contributed by atoms with Crippen LogP contribution in [0.5, 0.6) is 5.75 Å². The van der Waals surface area contributed by atoms with Gasteiger partial charge in [0.15, 0.2) is 0 Å². The predicted octanol–water partition coefficient (Wildman–Crippen LogP) is 3.69. The Morgan fingerprint density at radius 2 is 1.73 bits per heavy atom. The second-order valence-electron chi connectivity index (χ2n) is 4.75. The van der Waals surface area contributed by atoms with Crippen molar-refractivity contribution in [1.82, 2.24) is 0 Å². The molecule has 0 saturated heterocycles. The van der Waals surface area contributed by atoms with Gasteiger partial charge in [-0.2, -0.15) is 0 Å². The second-order valence-corrected chi connectivity index (χ2v) is 4.75. The summed E-state index contributed by atoms with van der Waals surface area (Å²) in [5, 5.41) is 3.41. The highest BCUT2D eigenvalue weighted by Gasteiger charge is 2.08. The van der Waals surface area contributed by atoms with Crippen molar-refractivity contribution < 1.29 is 4.74 Å². The SMILES string of the molecule is CCCOc1ccc(NC(C)(C)C)cc1. The standard InChI is InChI=1S/C13H21NO/c1-5-10-15-12-8-6-11(7-9-12)14-13(2,3)4/h6-9,14H,5,10H2,1-4H3. The minimum absolute atomic E-state index is 0.103. The van der Waals surface area contributed by atoms with Crippen LogP contribution in [0.1, 0.15) is 34.1 Å². The van der Waals surface area contributed by atoms with Crippen molar-refractivity contribution in [2.24, 2.45) is 0 Å². The molecule has 0 spiro atoms. The molecular weight excluding hydrogens is 186 g/mol. The van der Waals surface area contributed by atoms with Gasteiger partial charge >= 0.3 is 0 Å². The molecule has 2 heteroatoms. The second kappa shape index (κ2) is 5.06. The summed E-state index contributed by atoms with van der Waals surface area (Å²) in [5.74, 6) is 0.941. The molecule has 0 aliphatic carbocycles. The van der Waals surface area contributed by atoms with E-state index in [1.807, 2.05) is 12.1 Å². The van der Waals surface area contributed by atoms with Crippen molar-refractivity contribution in [3.63, 3.8) is 0 Å². The van der Waals surface area contributed by atoms with Crippen LogP contribution in [-0.2, 0) is 0 Å². The Hall–Kier alpha value is -1.18. The fourth-order valence-corrected chi connectivity index (χ4v) is 1.29. The number of benzene rings is 1. The van der Waals surface area contributed by atoms with Gasteiger partial charge in [0.05, 0.1) is 6.61 Å². The van der Waals surface area contributed by atoms with Gasteiger partial charge < -0.3 is 10.1 Å². The predicted molar refractivity (Wildman–Crippen MR) is 65.6 cm³/mol. The summed E-state index contributed by atoms with van der Waals surface area (Å²) in [6.45, 7) is 9.33. The summed E-state index contributed by atoms with van der Waals surface area (Å²) in [6.07, 6.45) is 1.04. The van der Waals surface area contributed by atoms with E-state index in [9.17, 15) is 0 Å². The van der Waals surface area contributed by atoms with E-state index in [0.717, 1.165) is 24.5 Å². The Morgan fingerprint density at radius 1 is 1.13 bits per heavy atom. The average molecular weight is 207 g/mol. The molecule has 0 atom stereocenters. The molecule has 1 N–H and O–H groups in total. The zero-order chi connectivity index (χ0) is 11.3. The van der Waals surface area contributed by atoms with Crippen molar-refractivity contribution in [2.75, 3.05) is 11.9 Å². The molecule has 0 bridgehead atoms. The Kier molecular flexibility index (Phi) is 4.01. The first-order valence-electron chi connectivity index (χ1n) is 5.52. The summed E-state index contributed by atoms with van der Waals surface area (Å²) < 4.78 is 5.51. The molecule has 1 rings (SSSR count). The Labute approximate surface area is 92.6 Å². The van der Waals surface area contributed by atoms with E-state index in [-0.39, 0.29) is 5.54 Å². The lowest BCUT2D eigenvalue weighted by Crippen LogP contribution is -2.25. The smallest absolute Gasteiger partial charge is 0.119 e. The maximum atomic E-state index is 5.51. The molecule has 0 aliphatic rings. The van der Waals surface area contributed by atoms with Crippen LogP contribution in [-0.4, -0.2) is 12.1 Å². The third-order valence-corrected chi connectivity index (χ3v) is 1.85. The monoisotopic (exact) mass is 207 g/mol. The van der Waals surface area contributed by atoms with E-state index < -0.39 is 0 Å². The van der Waals surface area contributed by atoms with Crippen LogP contribution in [0.3, 0.4) is 0 Å². The molecule has 2 nitrogen and oxygen atoms in total. The van der Waals surface area contributed by atoms with Gasteiger partial charge in [0.25, 0.3) is 0 Å². The highest BCUT2D eigenvalue weighted by Crippen LogP contribution is 2.18. The van der Waals surface area contributed by atoms with Crippen LogP contribution < -0.4 is 10.1 Å². The summed E-state index contributed by atoms with van der Waals surface area (Å²) in [7, 11) is 0. The number of nitrogens with one attached hydrogen (secondary N) is 1. The van der Waals surface area contributed by atoms with Gasteiger partial charge in [-0.3, -0.25) is 0 Å². The molecule has 15 heavy (non-hydrogen) atoms. The van der Waals surface area contributed by atoms with E-state index in [4.69, 9.17) is 4.74 Å². The first-order chi connectivity index (χ1) is 7.01. The van der Waals surface area contributed by atoms with Crippen molar-refractivity contribution in [3.8, 4) is 5.75 Å². The Morgan fingerprint density at radius 3 is 2.20 bits per heavy atom. The minimum atomic E-state index is 0.103. The van der Waals surface area contributed by atoms with Gasteiger partial charge in [0.2, 0.25) is 0 Å². The lowest BCUT2D eigenvalue weighted by molar-refractivity contribution is 0.317. The number of hydrogen-bond acceptors (Lipinski definition) is 2. The zero-order valence-corrected chi connectivity index (χ0v) is 10.1. The first kappa shape index (κ1) is 11.9. The van der Waals surface area contributed by atoms with Gasteiger partial charge in [-0.05, 0) is 51.5 Å². The summed E-state index contributed by atoms with van der Waals surface area (Å²) >= 11 is 0. The van der Waals surface area contributed by atoms with Crippen LogP contribution in [0.4, 0.5) is 5.69 Å². The molecular formula is C13H21NO. The van der Waals surface area contributed by atoms with E-state index in [0.29, 0.717) is 0 Å². The molecule has 0 unspecified atom stereocenters. The average Bonchev–Trinajstić information content (AvgIpc) is 2.14. The maximum absolute atomic E-state index is 5.51. The van der Waals surface area contributed by atoms with Crippen LogP contribution in [0.25, 0.3) is 0 Å². The van der Waals surface area contributed by atoms with Crippen molar-refractivity contribution in [2.45, 2.75) is 39.7 Å².